The molecule has 1 saturated carbocycles. The number of rotatable bonds is 4. The summed E-state index contributed by atoms with van der Waals surface area (Å²) >= 11 is 0. The molecule has 1 aromatic rings. The van der Waals surface area contributed by atoms with Crippen molar-refractivity contribution in [2.24, 2.45) is 5.41 Å². The molecule has 1 spiro atoms. The van der Waals surface area contributed by atoms with Gasteiger partial charge >= 0.3 is 0 Å². The smallest absolute Gasteiger partial charge is 0.289 e. The third-order valence-electron chi connectivity index (χ3n) is 5.15. The molecule has 1 aliphatic heterocycles. The summed E-state index contributed by atoms with van der Waals surface area (Å²) in [6, 6.07) is 5.36. The van der Waals surface area contributed by atoms with Crippen LogP contribution in [-0.4, -0.2) is 32.5 Å². The minimum atomic E-state index is -3.91. The number of piperidine rings is 1. The highest BCUT2D eigenvalue weighted by Gasteiger charge is 2.45. The summed E-state index contributed by atoms with van der Waals surface area (Å²) in [5, 5.41) is 14.4. The maximum atomic E-state index is 12.7. The van der Waals surface area contributed by atoms with E-state index in [-0.39, 0.29) is 22.0 Å². The van der Waals surface area contributed by atoms with Crippen LogP contribution >= 0.6 is 0 Å². The maximum absolute atomic E-state index is 12.7. The van der Waals surface area contributed by atoms with Gasteiger partial charge in [-0.05, 0) is 50.3 Å². The van der Waals surface area contributed by atoms with Gasteiger partial charge in [0.1, 0.15) is 0 Å². The topological polar surface area (TPSA) is 101 Å². The van der Waals surface area contributed by atoms with E-state index in [1.807, 2.05) is 0 Å². The quantitative estimate of drug-likeness (QED) is 0.643. The van der Waals surface area contributed by atoms with E-state index in [4.69, 9.17) is 0 Å². The summed E-state index contributed by atoms with van der Waals surface area (Å²) in [6.07, 6.45) is 4.68. The van der Waals surface area contributed by atoms with Crippen molar-refractivity contribution in [2.45, 2.75) is 43.0 Å². The predicted molar refractivity (Wildman–Crippen MR) is 85.6 cm³/mol. The van der Waals surface area contributed by atoms with Crippen LogP contribution < -0.4 is 10.0 Å². The van der Waals surface area contributed by atoms with Crippen LogP contribution in [0.4, 0.5) is 5.69 Å². The van der Waals surface area contributed by atoms with Gasteiger partial charge in [0.2, 0.25) is 10.0 Å². The first-order chi connectivity index (χ1) is 10.9. The number of nitro groups is 1. The summed E-state index contributed by atoms with van der Waals surface area (Å²) < 4.78 is 28.2. The van der Waals surface area contributed by atoms with Crippen LogP contribution in [0.2, 0.25) is 0 Å². The molecule has 0 aromatic heterocycles. The molecule has 2 N–H and O–H groups in total. The Bertz CT molecular complexity index is 698. The Balaban J connectivity index is 1.88. The molecule has 0 bridgehead atoms. The van der Waals surface area contributed by atoms with E-state index in [0.717, 1.165) is 45.2 Å². The molecule has 7 nitrogen and oxygen atoms in total. The van der Waals surface area contributed by atoms with Crippen LogP contribution in [0.1, 0.15) is 32.1 Å². The highest BCUT2D eigenvalue weighted by molar-refractivity contribution is 7.89. The average Bonchev–Trinajstić information content (AvgIpc) is 2.89. The van der Waals surface area contributed by atoms with E-state index in [2.05, 4.69) is 10.0 Å². The lowest BCUT2D eigenvalue weighted by atomic mass is 9.75. The zero-order valence-electron chi connectivity index (χ0n) is 12.8. The van der Waals surface area contributed by atoms with Crippen LogP contribution in [0, 0.1) is 15.5 Å². The highest BCUT2D eigenvalue weighted by Crippen LogP contribution is 2.45. The third kappa shape index (κ3) is 3.11. The number of nitro benzene ring substituents is 1. The van der Waals surface area contributed by atoms with Gasteiger partial charge in [-0.1, -0.05) is 18.6 Å². The van der Waals surface area contributed by atoms with E-state index >= 15 is 0 Å². The molecule has 0 amide bonds. The van der Waals surface area contributed by atoms with Gasteiger partial charge in [0.25, 0.3) is 5.69 Å². The SMILES string of the molecule is O=[N+]([O-])c1ccccc1S(=O)(=O)NC1CCCC12CCNCC2. The van der Waals surface area contributed by atoms with Gasteiger partial charge in [-0.15, -0.1) is 0 Å². The number of sulfonamides is 1. The first-order valence-corrected chi connectivity index (χ1v) is 9.39. The second-order valence-corrected chi connectivity index (χ2v) is 8.09. The van der Waals surface area contributed by atoms with Gasteiger partial charge in [0.05, 0.1) is 4.92 Å². The lowest BCUT2D eigenvalue weighted by molar-refractivity contribution is -0.387. The number of para-hydroxylation sites is 1. The molecule has 1 saturated heterocycles. The Morgan fingerprint density at radius 1 is 1.22 bits per heavy atom. The van der Waals surface area contributed by atoms with Crippen LogP contribution in [0.5, 0.6) is 0 Å². The van der Waals surface area contributed by atoms with Crippen molar-refractivity contribution in [3.63, 3.8) is 0 Å². The molecule has 1 atom stereocenters. The van der Waals surface area contributed by atoms with Crippen LogP contribution in [0.15, 0.2) is 29.2 Å². The van der Waals surface area contributed by atoms with Gasteiger partial charge in [-0.25, -0.2) is 13.1 Å². The Kier molecular flexibility index (Phi) is 4.39. The Morgan fingerprint density at radius 2 is 1.91 bits per heavy atom. The van der Waals surface area contributed by atoms with E-state index in [1.165, 1.54) is 24.3 Å². The fourth-order valence-corrected chi connectivity index (χ4v) is 5.48. The van der Waals surface area contributed by atoms with E-state index < -0.39 is 14.9 Å². The monoisotopic (exact) mass is 339 g/mol. The zero-order chi connectivity index (χ0) is 16.5. The molecule has 2 aliphatic rings. The number of nitrogens with one attached hydrogen (secondary N) is 2. The number of benzene rings is 1. The molecular weight excluding hydrogens is 318 g/mol. The molecule has 23 heavy (non-hydrogen) atoms. The zero-order valence-corrected chi connectivity index (χ0v) is 13.6. The minimum Gasteiger partial charge on any atom is -0.317 e. The lowest BCUT2D eigenvalue weighted by Crippen LogP contribution is -2.49. The molecule has 1 unspecified atom stereocenters. The van der Waals surface area contributed by atoms with Gasteiger partial charge < -0.3 is 5.32 Å². The van der Waals surface area contributed by atoms with Gasteiger partial charge in [-0.3, -0.25) is 10.1 Å². The summed E-state index contributed by atoms with van der Waals surface area (Å²) in [5.41, 5.74) is -0.389. The molecule has 3 rings (SSSR count). The predicted octanol–water partition coefficient (Wildman–Crippen LogP) is 1.80. The van der Waals surface area contributed by atoms with Gasteiger partial charge in [0, 0.05) is 12.1 Å². The Morgan fingerprint density at radius 3 is 2.61 bits per heavy atom. The third-order valence-corrected chi connectivity index (χ3v) is 6.67. The van der Waals surface area contributed by atoms with E-state index in [0.29, 0.717) is 0 Å². The van der Waals surface area contributed by atoms with Crippen molar-refractivity contribution in [3.8, 4) is 0 Å². The van der Waals surface area contributed by atoms with E-state index in [1.54, 1.807) is 0 Å². The molecule has 1 aromatic carbocycles. The van der Waals surface area contributed by atoms with Gasteiger partial charge in [0.15, 0.2) is 4.90 Å². The summed E-state index contributed by atoms with van der Waals surface area (Å²) in [7, 11) is -3.91. The standard InChI is InChI=1S/C15H21N3O4S/c19-18(20)12-4-1-2-5-13(12)23(21,22)17-14-6-3-7-15(14)8-10-16-11-9-15/h1-2,4-5,14,16-17H,3,6-11H2. The molecule has 0 radical (unpaired) electrons. The summed E-state index contributed by atoms with van der Waals surface area (Å²) in [6.45, 7) is 1.79. The lowest BCUT2D eigenvalue weighted by Gasteiger charge is -2.39. The molecule has 1 heterocycles. The number of hydrogen-bond acceptors (Lipinski definition) is 5. The van der Waals surface area contributed by atoms with Crippen LogP contribution in [0.3, 0.4) is 0 Å². The molecule has 2 fully saturated rings. The minimum absolute atomic E-state index is 0.0120. The first kappa shape index (κ1) is 16.4. The number of hydrogen-bond donors (Lipinski definition) is 2. The van der Waals surface area contributed by atoms with Crippen molar-refractivity contribution in [3.05, 3.63) is 34.4 Å². The normalized spacial score (nSPS) is 23.9. The highest BCUT2D eigenvalue weighted by atomic mass is 32.2. The second kappa shape index (κ2) is 6.18. The fourth-order valence-electron chi connectivity index (χ4n) is 3.93. The van der Waals surface area contributed by atoms with Crippen molar-refractivity contribution in [1.29, 1.82) is 0 Å². The van der Waals surface area contributed by atoms with Crippen molar-refractivity contribution >= 4 is 15.7 Å². The van der Waals surface area contributed by atoms with Crippen LogP contribution in [0.25, 0.3) is 0 Å². The van der Waals surface area contributed by atoms with Crippen molar-refractivity contribution in [1.82, 2.24) is 10.0 Å². The van der Waals surface area contributed by atoms with E-state index in [9.17, 15) is 18.5 Å². The van der Waals surface area contributed by atoms with Crippen molar-refractivity contribution < 1.29 is 13.3 Å². The molecule has 126 valence electrons. The van der Waals surface area contributed by atoms with Crippen LogP contribution in [-0.2, 0) is 10.0 Å². The van der Waals surface area contributed by atoms with Crippen molar-refractivity contribution in [2.75, 3.05) is 13.1 Å². The average molecular weight is 339 g/mol. The maximum Gasteiger partial charge on any atom is 0.289 e. The fraction of sp³-hybridized carbons (Fsp3) is 0.600. The Hall–Kier alpha value is -1.51. The molecular formula is C15H21N3O4S. The largest absolute Gasteiger partial charge is 0.317 e. The number of nitrogens with zero attached hydrogens (tertiary/aromatic N) is 1. The molecule has 1 aliphatic carbocycles. The summed E-state index contributed by atoms with van der Waals surface area (Å²) in [4.78, 5) is 10.2. The van der Waals surface area contributed by atoms with Gasteiger partial charge in [-0.2, -0.15) is 0 Å². The second-order valence-electron chi connectivity index (χ2n) is 6.40. The first-order valence-electron chi connectivity index (χ1n) is 7.91. The Labute approximate surface area is 135 Å². The summed E-state index contributed by atoms with van der Waals surface area (Å²) in [5.74, 6) is 0. The molecule has 8 heteroatoms.